The van der Waals surface area contributed by atoms with Crippen LogP contribution in [0.3, 0.4) is 0 Å². The lowest BCUT2D eigenvalue weighted by molar-refractivity contribution is 0.172. The van der Waals surface area contributed by atoms with E-state index in [2.05, 4.69) is 15.3 Å². The zero-order valence-electron chi connectivity index (χ0n) is 9.20. The third-order valence-electron chi connectivity index (χ3n) is 3.18. The molecule has 88 valence electrons. The average Bonchev–Trinajstić information content (AvgIpc) is 2.30. The van der Waals surface area contributed by atoms with Crippen LogP contribution in [0.25, 0.3) is 0 Å². The van der Waals surface area contributed by atoms with Crippen molar-refractivity contribution in [3.05, 3.63) is 22.7 Å². The minimum absolute atomic E-state index is 0.0848. The molecule has 2 rings (SSSR count). The highest BCUT2D eigenvalue weighted by Crippen LogP contribution is 2.30. The third kappa shape index (κ3) is 2.41. The quantitative estimate of drug-likeness (QED) is 0.710. The molecule has 0 aromatic carbocycles. The van der Waals surface area contributed by atoms with E-state index >= 15 is 0 Å². The Labute approximate surface area is 93.9 Å². The van der Waals surface area contributed by atoms with Crippen molar-refractivity contribution in [3.8, 4) is 0 Å². The Kier molecular flexibility index (Phi) is 3.24. The second-order valence-electron chi connectivity index (χ2n) is 4.42. The maximum absolute atomic E-state index is 11.1. The molecule has 0 atom stereocenters. The molecule has 1 aromatic heterocycles. The van der Waals surface area contributed by atoms with Gasteiger partial charge in [0.15, 0.2) is 0 Å². The van der Waals surface area contributed by atoms with Gasteiger partial charge in [0.25, 0.3) is 5.56 Å². The average molecular weight is 223 g/mol. The zero-order chi connectivity index (χ0) is 11.4. The smallest absolute Gasteiger partial charge is 0.252 e. The van der Waals surface area contributed by atoms with Crippen LogP contribution >= 0.6 is 0 Å². The predicted molar refractivity (Wildman–Crippen MR) is 61.4 cm³/mol. The number of aromatic nitrogens is 2. The van der Waals surface area contributed by atoms with Crippen molar-refractivity contribution >= 4 is 5.82 Å². The van der Waals surface area contributed by atoms with Gasteiger partial charge in [-0.05, 0) is 12.8 Å². The number of hydrogen-bond acceptors (Lipinski definition) is 4. The SMILES string of the molecule is O=c1cc(NC2(CO)CCCCC2)nc[nH]1. The number of aliphatic hydroxyl groups is 1. The van der Waals surface area contributed by atoms with Gasteiger partial charge in [-0.2, -0.15) is 0 Å². The number of nitrogens with zero attached hydrogens (tertiary/aromatic N) is 1. The van der Waals surface area contributed by atoms with Gasteiger partial charge in [0, 0.05) is 6.07 Å². The van der Waals surface area contributed by atoms with Gasteiger partial charge in [0.2, 0.25) is 0 Å². The first kappa shape index (κ1) is 11.1. The zero-order valence-corrected chi connectivity index (χ0v) is 9.20. The summed E-state index contributed by atoms with van der Waals surface area (Å²) >= 11 is 0. The van der Waals surface area contributed by atoms with E-state index in [0.29, 0.717) is 5.82 Å². The fraction of sp³-hybridized carbons (Fsp3) is 0.636. The highest BCUT2D eigenvalue weighted by Gasteiger charge is 2.31. The second kappa shape index (κ2) is 4.65. The molecule has 5 nitrogen and oxygen atoms in total. The van der Waals surface area contributed by atoms with Gasteiger partial charge in [-0.25, -0.2) is 4.98 Å². The normalized spacial score (nSPS) is 19.3. The van der Waals surface area contributed by atoms with E-state index < -0.39 is 0 Å². The lowest BCUT2D eigenvalue weighted by Gasteiger charge is -2.36. The minimum atomic E-state index is -0.293. The number of rotatable bonds is 3. The molecular formula is C11H17N3O2. The van der Waals surface area contributed by atoms with Gasteiger partial charge in [-0.3, -0.25) is 4.79 Å². The minimum Gasteiger partial charge on any atom is -0.394 e. The molecule has 5 heteroatoms. The lowest BCUT2D eigenvalue weighted by Crippen LogP contribution is -2.44. The topological polar surface area (TPSA) is 78.0 Å². The van der Waals surface area contributed by atoms with E-state index in [-0.39, 0.29) is 17.7 Å². The monoisotopic (exact) mass is 223 g/mol. The number of hydrogen-bond donors (Lipinski definition) is 3. The molecule has 1 heterocycles. The van der Waals surface area contributed by atoms with Gasteiger partial charge in [0.1, 0.15) is 5.82 Å². The van der Waals surface area contributed by atoms with Gasteiger partial charge in [0.05, 0.1) is 18.5 Å². The van der Waals surface area contributed by atoms with Crippen LogP contribution in [0.15, 0.2) is 17.2 Å². The summed E-state index contributed by atoms with van der Waals surface area (Å²) < 4.78 is 0. The third-order valence-corrected chi connectivity index (χ3v) is 3.18. The van der Waals surface area contributed by atoms with Crippen molar-refractivity contribution in [1.82, 2.24) is 9.97 Å². The van der Waals surface area contributed by atoms with Crippen LogP contribution in [-0.2, 0) is 0 Å². The van der Waals surface area contributed by atoms with Crippen molar-refractivity contribution in [2.45, 2.75) is 37.6 Å². The van der Waals surface area contributed by atoms with E-state index in [9.17, 15) is 9.90 Å². The predicted octanol–water partition coefficient (Wildman–Crippen LogP) is 0.877. The summed E-state index contributed by atoms with van der Waals surface area (Å²) in [6, 6.07) is 1.42. The van der Waals surface area contributed by atoms with Crippen LogP contribution in [-0.4, -0.2) is 27.2 Å². The number of anilines is 1. The standard InChI is InChI=1S/C11H17N3O2/c15-7-11(4-2-1-3-5-11)14-9-6-10(16)13-8-12-9/h6,8,15H,1-5,7H2,(H2,12,13,14,16). The van der Waals surface area contributed by atoms with Crippen molar-refractivity contribution in [2.75, 3.05) is 11.9 Å². The molecule has 0 saturated heterocycles. The maximum atomic E-state index is 11.1. The first-order valence-corrected chi connectivity index (χ1v) is 5.68. The fourth-order valence-corrected chi connectivity index (χ4v) is 2.26. The maximum Gasteiger partial charge on any atom is 0.252 e. The molecule has 1 aromatic rings. The molecule has 0 unspecified atom stereocenters. The Morgan fingerprint density at radius 1 is 1.44 bits per heavy atom. The molecule has 3 N–H and O–H groups in total. The highest BCUT2D eigenvalue weighted by molar-refractivity contribution is 5.36. The number of aliphatic hydroxyl groups excluding tert-OH is 1. The van der Waals surface area contributed by atoms with Crippen LogP contribution in [0.4, 0.5) is 5.82 Å². The Hall–Kier alpha value is -1.36. The molecule has 16 heavy (non-hydrogen) atoms. The summed E-state index contributed by atoms with van der Waals surface area (Å²) in [4.78, 5) is 17.6. The molecule has 1 saturated carbocycles. The second-order valence-corrected chi connectivity index (χ2v) is 4.42. The Morgan fingerprint density at radius 2 is 2.19 bits per heavy atom. The van der Waals surface area contributed by atoms with E-state index in [1.54, 1.807) is 0 Å². The number of nitrogens with one attached hydrogen (secondary N) is 2. The Bertz CT molecular complexity index is 396. The number of H-pyrrole nitrogens is 1. The van der Waals surface area contributed by atoms with Crippen LogP contribution in [0.2, 0.25) is 0 Å². The lowest BCUT2D eigenvalue weighted by atomic mass is 9.82. The fourth-order valence-electron chi connectivity index (χ4n) is 2.26. The molecule has 0 amide bonds. The van der Waals surface area contributed by atoms with Crippen molar-refractivity contribution in [1.29, 1.82) is 0 Å². The largest absolute Gasteiger partial charge is 0.394 e. The van der Waals surface area contributed by atoms with Crippen LogP contribution < -0.4 is 10.9 Å². The summed E-state index contributed by atoms with van der Waals surface area (Å²) in [6.45, 7) is 0.0848. The molecule has 1 aliphatic carbocycles. The van der Waals surface area contributed by atoms with Crippen LogP contribution in [0.5, 0.6) is 0 Å². The molecule has 1 fully saturated rings. The Balaban J connectivity index is 2.14. The van der Waals surface area contributed by atoms with E-state index in [0.717, 1.165) is 25.7 Å². The molecule has 0 spiro atoms. The van der Waals surface area contributed by atoms with Crippen molar-refractivity contribution in [2.24, 2.45) is 0 Å². The summed E-state index contributed by atoms with van der Waals surface area (Å²) in [5, 5.41) is 12.7. The first-order valence-electron chi connectivity index (χ1n) is 5.68. The van der Waals surface area contributed by atoms with Gasteiger partial charge in [-0.15, -0.1) is 0 Å². The van der Waals surface area contributed by atoms with E-state index in [4.69, 9.17) is 0 Å². The van der Waals surface area contributed by atoms with E-state index in [1.165, 1.54) is 18.8 Å². The van der Waals surface area contributed by atoms with E-state index in [1.807, 2.05) is 0 Å². The van der Waals surface area contributed by atoms with Crippen molar-refractivity contribution in [3.63, 3.8) is 0 Å². The van der Waals surface area contributed by atoms with Crippen LogP contribution in [0.1, 0.15) is 32.1 Å². The Morgan fingerprint density at radius 3 is 2.81 bits per heavy atom. The molecule has 1 aliphatic rings. The molecule has 0 aliphatic heterocycles. The first-order chi connectivity index (χ1) is 7.74. The molecule has 0 bridgehead atoms. The summed E-state index contributed by atoms with van der Waals surface area (Å²) in [5.74, 6) is 0.541. The number of aromatic amines is 1. The van der Waals surface area contributed by atoms with Crippen LogP contribution in [0, 0.1) is 0 Å². The highest BCUT2D eigenvalue weighted by atomic mass is 16.3. The molecular weight excluding hydrogens is 206 g/mol. The van der Waals surface area contributed by atoms with Gasteiger partial charge >= 0.3 is 0 Å². The summed E-state index contributed by atoms with van der Waals surface area (Å²) in [5.41, 5.74) is -0.472. The summed E-state index contributed by atoms with van der Waals surface area (Å²) in [6.07, 6.45) is 6.66. The summed E-state index contributed by atoms with van der Waals surface area (Å²) in [7, 11) is 0. The van der Waals surface area contributed by atoms with Gasteiger partial charge < -0.3 is 15.4 Å². The van der Waals surface area contributed by atoms with Gasteiger partial charge in [-0.1, -0.05) is 19.3 Å². The molecule has 0 radical (unpaired) electrons. The van der Waals surface area contributed by atoms with Crippen molar-refractivity contribution < 1.29 is 5.11 Å².